The van der Waals surface area contributed by atoms with Crippen LogP contribution >= 0.6 is 0 Å². The Balaban J connectivity index is 2.52. The first-order valence-electron chi connectivity index (χ1n) is 4.42. The van der Waals surface area contributed by atoms with Gasteiger partial charge in [-0.1, -0.05) is 12.8 Å². The minimum atomic E-state index is -0.722. The smallest absolute Gasteiger partial charge is 0.307 e. The highest BCUT2D eigenvalue weighted by Gasteiger charge is 2.29. The van der Waals surface area contributed by atoms with E-state index in [4.69, 9.17) is 11.5 Å². The molecule has 1 atom stereocenters. The molecule has 0 spiro atoms. The van der Waals surface area contributed by atoms with Gasteiger partial charge in [-0.15, -0.1) is 12.3 Å². The molecule has 1 aliphatic carbocycles. The standard InChI is InChI=1S/C10H14O2/c1-2-5-9(10(11)12)8-6-3-4-7-8/h1,8-9H,3-7H2,(H,11,12). The van der Waals surface area contributed by atoms with E-state index in [-0.39, 0.29) is 5.92 Å². The number of terminal acetylenes is 1. The number of aliphatic carboxylic acids is 1. The molecule has 2 nitrogen and oxygen atoms in total. The molecule has 0 radical (unpaired) electrons. The quantitative estimate of drug-likeness (QED) is 0.650. The average Bonchev–Trinajstić information content (AvgIpc) is 2.51. The second-order valence-electron chi connectivity index (χ2n) is 3.40. The molecular formula is C10H14O2. The van der Waals surface area contributed by atoms with Crippen molar-refractivity contribution in [3.8, 4) is 12.3 Å². The van der Waals surface area contributed by atoms with Crippen molar-refractivity contribution in [3.05, 3.63) is 0 Å². The summed E-state index contributed by atoms with van der Waals surface area (Å²) in [6, 6.07) is 0. The van der Waals surface area contributed by atoms with Gasteiger partial charge in [0.1, 0.15) is 0 Å². The van der Waals surface area contributed by atoms with E-state index in [2.05, 4.69) is 5.92 Å². The molecule has 2 heteroatoms. The molecular weight excluding hydrogens is 152 g/mol. The normalized spacial score (nSPS) is 20.2. The van der Waals surface area contributed by atoms with Crippen molar-refractivity contribution < 1.29 is 9.90 Å². The second kappa shape index (κ2) is 4.15. The van der Waals surface area contributed by atoms with Crippen LogP contribution in [-0.4, -0.2) is 11.1 Å². The molecule has 0 amide bonds. The summed E-state index contributed by atoms with van der Waals surface area (Å²) >= 11 is 0. The van der Waals surface area contributed by atoms with E-state index >= 15 is 0 Å². The lowest BCUT2D eigenvalue weighted by molar-refractivity contribution is -0.143. The van der Waals surface area contributed by atoms with E-state index in [0.29, 0.717) is 12.3 Å². The third-order valence-corrected chi connectivity index (χ3v) is 2.62. The summed E-state index contributed by atoms with van der Waals surface area (Å²) in [7, 11) is 0. The van der Waals surface area contributed by atoms with E-state index in [1.165, 1.54) is 12.8 Å². The number of rotatable bonds is 3. The van der Waals surface area contributed by atoms with Crippen molar-refractivity contribution in [3.63, 3.8) is 0 Å². The van der Waals surface area contributed by atoms with Gasteiger partial charge in [-0.25, -0.2) is 0 Å². The lowest BCUT2D eigenvalue weighted by atomic mass is 9.88. The monoisotopic (exact) mass is 166 g/mol. The summed E-state index contributed by atoms with van der Waals surface area (Å²) < 4.78 is 0. The molecule has 1 unspecified atom stereocenters. The van der Waals surface area contributed by atoms with Gasteiger partial charge in [0.2, 0.25) is 0 Å². The Morgan fingerprint density at radius 3 is 2.58 bits per heavy atom. The van der Waals surface area contributed by atoms with Crippen LogP contribution in [0.5, 0.6) is 0 Å². The second-order valence-corrected chi connectivity index (χ2v) is 3.40. The van der Waals surface area contributed by atoms with Gasteiger partial charge in [0.15, 0.2) is 0 Å². The van der Waals surface area contributed by atoms with Crippen molar-refractivity contribution in [2.75, 3.05) is 0 Å². The van der Waals surface area contributed by atoms with Crippen LogP contribution in [0.2, 0.25) is 0 Å². The summed E-state index contributed by atoms with van der Waals surface area (Å²) in [5.74, 6) is 1.76. The predicted octanol–water partition coefficient (Wildman–Crippen LogP) is 1.90. The first-order chi connectivity index (χ1) is 5.75. The van der Waals surface area contributed by atoms with Gasteiger partial charge < -0.3 is 5.11 Å². The Morgan fingerprint density at radius 2 is 2.17 bits per heavy atom. The Hall–Kier alpha value is -0.970. The van der Waals surface area contributed by atoms with Crippen LogP contribution in [0.25, 0.3) is 0 Å². The van der Waals surface area contributed by atoms with E-state index in [9.17, 15) is 4.79 Å². The van der Waals surface area contributed by atoms with Gasteiger partial charge in [-0.2, -0.15) is 0 Å². The van der Waals surface area contributed by atoms with Gasteiger partial charge in [0.25, 0.3) is 0 Å². The van der Waals surface area contributed by atoms with Gasteiger partial charge >= 0.3 is 5.97 Å². The van der Waals surface area contributed by atoms with Crippen LogP contribution in [0, 0.1) is 24.2 Å². The van der Waals surface area contributed by atoms with Gasteiger partial charge in [0.05, 0.1) is 5.92 Å². The minimum Gasteiger partial charge on any atom is -0.481 e. The molecule has 66 valence electrons. The van der Waals surface area contributed by atoms with E-state index in [1.54, 1.807) is 0 Å². The van der Waals surface area contributed by atoms with Gasteiger partial charge in [-0.3, -0.25) is 4.79 Å². The molecule has 1 rings (SSSR count). The molecule has 1 N–H and O–H groups in total. The largest absolute Gasteiger partial charge is 0.481 e. The van der Waals surface area contributed by atoms with Crippen LogP contribution in [0.4, 0.5) is 0 Å². The molecule has 0 aromatic rings. The Morgan fingerprint density at radius 1 is 1.58 bits per heavy atom. The molecule has 1 fully saturated rings. The van der Waals surface area contributed by atoms with Crippen LogP contribution in [-0.2, 0) is 4.79 Å². The van der Waals surface area contributed by atoms with Crippen molar-refractivity contribution >= 4 is 5.97 Å². The summed E-state index contributed by atoms with van der Waals surface area (Å²) in [4.78, 5) is 10.8. The number of carboxylic acids is 1. The SMILES string of the molecule is C#CCC(C(=O)O)C1CCCC1. The lowest BCUT2D eigenvalue weighted by Crippen LogP contribution is -2.21. The molecule has 0 aliphatic heterocycles. The molecule has 0 saturated heterocycles. The zero-order valence-corrected chi connectivity index (χ0v) is 7.12. The van der Waals surface area contributed by atoms with Crippen LogP contribution in [0.1, 0.15) is 32.1 Å². The lowest BCUT2D eigenvalue weighted by Gasteiger charge is -2.15. The topological polar surface area (TPSA) is 37.3 Å². The van der Waals surface area contributed by atoms with Crippen LogP contribution < -0.4 is 0 Å². The molecule has 1 saturated carbocycles. The zero-order chi connectivity index (χ0) is 8.97. The van der Waals surface area contributed by atoms with Gasteiger partial charge in [0, 0.05) is 6.42 Å². The van der Waals surface area contributed by atoms with Crippen molar-refractivity contribution in [2.45, 2.75) is 32.1 Å². The van der Waals surface area contributed by atoms with Gasteiger partial charge in [-0.05, 0) is 18.8 Å². The minimum absolute atomic E-state index is 0.294. The molecule has 0 aromatic heterocycles. The maximum atomic E-state index is 10.8. The number of carboxylic acid groups (broad SMARTS) is 1. The molecule has 0 heterocycles. The van der Waals surface area contributed by atoms with E-state index in [0.717, 1.165) is 12.8 Å². The Kier molecular flexibility index (Phi) is 3.16. The number of carbonyl (C=O) groups is 1. The fourth-order valence-corrected chi connectivity index (χ4v) is 1.94. The Labute approximate surface area is 73.0 Å². The summed E-state index contributed by atoms with van der Waals surface area (Å²) in [6.45, 7) is 0. The fraction of sp³-hybridized carbons (Fsp3) is 0.700. The number of hydrogen-bond acceptors (Lipinski definition) is 1. The maximum Gasteiger partial charge on any atom is 0.307 e. The fourth-order valence-electron chi connectivity index (χ4n) is 1.94. The third kappa shape index (κ3) is 2.01. The highest BCUT2D eigenvalue weighted by atomic mass is 16.4. The van der Waals surface area contributed by atoms with E-state index < -0.39 is 5.97 Å². The van der Waals surface area contributed by atoms with Crippen LogP contribution in [0.15, 0.2) is 0 Å². The first-order valence-corrected chi connectivity index (χ1v) is 4.42. The Bertz CT molecular complexity index is 196. The predicted molar refractivity (Wildman–Crippen MR) is 46.5 cm³/mol. The highest BCUT2D eigenvalue weighted by Crippen LogP contribution is 2.32. The molecule has 0 bridgehead atoms. The zero-order valence-electron chi connectivity index (χ0n) is 7.12. The van der Waals surface area contributed by atoms with Crippen molar-refractivity contribution in [1.82, 2.24) is 0 Å². The van der Waals surface area contributed by atoms with Crippen LogP contribution in [0.3, 0.4) is 0 Å². The molecule has 0 aromatic carbocycles. The first kappa shape index (κ1) is 9.12. The average molecular weight is 166 g/mol. The van der Waals surface area contributed by atoms with E-state index in [1.807, 2.05) is 0 Å². The van der Waals surface area contributed by atoms with Crippen molar-refractivity contribution in [1.29, 1.82) is 0 Å². The summed E-state index contributed by atoms with van der Waals surface area (Å²) in [5.41, 5.74) is 0. The molecule has 1 aliphatic rings. The highest BCUT2D eigenvalue weighted by molar-refractivity contribution is 5.70. The third-order valence-electron chi connectivity index (χ3n) is 2.62. The summed E-state index contributed by atoms with van der Waals surface area (Å²) in [5, 5.41) is 8.87. The van der Waals surface area contributed by atoms with Crippen molar-refractivity contribution in [2.24, 2.45) is 11.8 Å². The maximum absolute atomic E-state index is 10.8. The summed E-state index contributed by atoms with van der Waals surface area (Å²) in [6.07, 6.45) is 9.92. The molecule has 12 heavy (non-hydrogen) atoms. The number of hydrogen-bond donors (Lipinski definition) is 1.